The summed E-state index contributed by atoms with van der Waals surface area (Å²) in [6, 6.07) is 8.56. The molecule has 0 spiro atoms. The SMILES string of the molecule is CCc1ccc(-n2cnc(CBr)c2)cc1. The van der Waals surface area contributed by atoms with Crippen LogP contribution in [-0.2, 0) is 11.8 Å². The third kappa shape index (κ3) is 2.29. The highest BCUT2D eigenvalue weighted by Gasteiger charge is 1.99. The van der Waals surface area contributed by atoms with E-state index in [2.05, 4.69) is 52.1 Å². The zero-order chi connectivity index (χ0) is 10.7. The zero-order valence-electron chi connectivity index (χ0n) is 8.65. The van der Waals surface area contributed by atoms with E-state index in [0.29, 0.717) is 0 Å². The first-order chi connectivity index (χ1) is 7.33. The van der Waals surface area contributed by atoms with Gasteiger partial charge in [-0.15, -0.1) is 0 Å². The summed E-state index contributed by atoms with van der Waals surface area (Å²) in [5.41, 5.74) is 3.57. The molecule has 0 radical (unpaired) electrons. The van der Waals surface area contributed by atoms with Gasteiger partial charge in [-0.3, -0.25) is 0 Å². The van der Waals surface area contributed by atoms with Crippen molar-refractivity contribution in [3.8, 4) is 5.69 Å². The monoisotopic (exact) mass is 264 g/mol. The molecule has 2 nitrogen and oxygen atoms in total. The second kappa shape index (κ2) is 4.62. The standard InChI is InChI=1S/C12H13BrN2/c1-2-10-3-5-12(6-4-10)15-8-11(7-13)14-9-15/h3-6,8-9H,2,7H2,1H3. The van der Waals surface area contributed by atoms with Gasteiger partial charge in [-0.1, -0.05) is 35.0 Å². The lowest BCUT2D eigenvalue weighted by molar-refractivity contribution is 1.05. The molecule has 0 unspecified atom stereocenters. The van der Waals surface area contributed by atoms with Crippen LogP contribution >= 0.6 is 15.9 Å². The number of alkyl halides is 1. The van der Waals surface area contributed by atoms with Crippen LogP contribution in [-0.4, -0.2) is 9.55 Å². The van der Waals surface area contributed by atoms with Gasteiger partial charge in [0.05, 0.1) is 12.0 Å². The number of nitrogens with zero attached hydrogens (tertiary/aromatic N) is 2. The largest absolute Gasteiger partial charge is 0.306 e. The Morgan fingerprint density at radius 2 is 2.00 bits per heavy atom. The second-order valence-corrected chi connectivity index (χ2v) is 3.99. The number of benzene rings is 1. The second-order valence-electron chi connectivity index (χ2n) is 3.43. The van der Waals surface area contributed by atoms with Gasteiger partial charge in [-0.25, -0.2) is 4.98 Å². The van der Waals surface area contributed by atoms with Gasteiger partial charge in [0, 0.05) is 17.2 Å². The summed E-state index contributed by atoms with van der Waals surface area (Å²) in [5, 5.41) is 0.799. The fraction of sp³-hybridized carbons (Fsp3) is 0.250. The number of hydrogen-bond donors (Lipinski definition) is 0. The molecular formula is C12H13BrN2. The number of hydrogen-bond acceptors (Lipinski definition) is 1. The molecule has 3 heteroatoms. The van der Waals surface area contributed by atoms with Crippen molar-refractivity contribution in [2.45, 2.75) is 18.7 Å². The zero-order valence-corrected chi connectivity index (χ0v) is 10.2. The van der Waals surface area contributed by atoms with Crippen LogP contribution in [0.15, 0.2) is 36.8 Å². The van der Waals surface area contributed by atoms with Gasteiger partial charge in [0.1, 0.15) is 0 Å². The highest BCUT2D eigenvalue weighted by Crippen LogP contribution is 2.12. The van der Waals surface area contributed by atoms with Crippen molar-refractivity contribution in [3.05, 3.63) is 48.0 Å². The van der Waals surface area contributed by atoms with Gasteiger partial charge in [-0.2, -0.15) is 0 Å². The van der Waals surface area contributed by atoms with Crippen LogP contribution in [0.4, 0.5) is 0 Å². The molecular weight excluding hydrogens is 252 g/mol. The number of rotatable bonds is 3. The normalized spacial score (nSPS) is 10.5. The molecule has 78 valence electrons. The first-order valence-corrected chi connectivity index (χ1v) is 6.13. The van der Waals surface area contributed by atoms with Gasteiger partial charge < -0.3 is 4.57 Å². The summed E-state index contributed by atoms with van der Waals surface area (Å²) in [5.74, 6) is 0. The van der Waals surface area contributed by atoms with Crippen LogP contribution in [0, 0.1) is 0 Å². The van der Waals surface area contributed by atoms with Crippen molar-refractivity contribution < 1.29 is 0 Å². The van der Waals surface area contributed by atoms with Crippen LogP contribution < -0.4 is 0 Å². The molecule has 0 bridgehead atoms. The van der Waals surface area contributed by atoms with Crippen LogP contribution in [0.5, 0.6) is 0 Å². The molecule has 0 aliphatic carbocycles. The Kier molecular flexibility index (Phi) is 3.21. The highest BCUT2D eigenvalue weighted by atomic mass is 79.9. The Bertz CT molecular complexity index is 431. The molecule has 1 heterocycles. The Labute approximate surface area is 98.1 Å². The molecule has 0 fully saturated rings. The van der Waals surface area contributed by atoms with E-state index in [-0.39, 0.29) is 0 Å². The Balaban J connectivity index is 2.28. The highest BCUT2D eigenvalue weighted by molar-refractivity contribution is 9.08. The van der Waals surface area contributed by atoms with Crippen LogP contribution in [0.25, 0.3) is 5.69 Å². The van der Waals surface area contributed by atoms with E-state index in [1.807, 2.05) is 17.1 Å². The minimum atomic E-state index is 0.799. The maximum absolute atomic E-state index is 4.27. The van der Waals surface area contributed by atoms with Crippen LogP contribution in [0.1, 0.15) is 18.2 Å². The van der Waals surface area contributed by atoms with Crippen molar-refractivity contribution in [2.24, 2.45) is 0 Å². The third-order valence-electron chi connectivity index (χ3n) is 2.42. The fourth-order valence-electron chi connectivity index (χ4n) is 1.48. The average molecular weight is 265 g/mol. The summed E-state index contributed by atoms with van der Waals surface area (Å²) in [6.07, 6.45) is 4.96. The molecule has 0 saturated carbocycles. The molecule has 2 aromatic rings. The van der Waals surface area contributed by atoms with Crippen molar-refractivity contribution in [2.75, 3.05) is 0 Å². The molecule has 0 N–H and O–H groups in total. The molecule has 0 aliphatic heterocycles. The summed E-state index contributed by atoms with van der Waals surface area (Å²) in [7, 11) is 0. The molecule has 0 atom stereocenters. The van der Waals surface area contributed by atoms with Crippen LogP contribution in [0.3, 0.4) is 0 Å². The van der Waals surface area contributed by atoms with E-state index >= 15 is 0 Å². The van der Waals surface area contributed by atoms with Crippen molar-refractivity contribution in [3.63, 3.8) is 0 Å². The first kappa shape index (κ1) is 10.4. The number of halogens is 1. The van der Waals surface area contributed by atoms with E-state index in [9.17, 15) is 0 Å². The number of aromatic nitrogens is 2. The molecule has 0 aliphatic rings. The Morgan fingerprint density at radius 3 is 2.53 bits per heavy atom. The van der Waals surface area contributed by atoms with Crippen molar-refractivity contribution >= 4 is 15.9 Å². The minimum Gasteiger partial charge on any atom is -0.306 e. The van der Waals surface area contributed by atoms with E-state index < -0.39 is 0 Å². The molecule has 0 saturated heterocycles. The Morgan fingerprint density at radius 1 is 1.27 bits per heavy atom. The van der Waals surface area contributed by atoms with Gasteiger partial charge in [0.15, 0.2) is 0 Å². The summed E-state index contributed by atoms with van der Waals surface area (Å²) < 4.78 is 2.04. The predicted octanol–water partition coefficient (Wildman–Crippen LogP) is 3.33. The van der Waals surface area contributed by atoms with E-state index in [0.717, 1.165) is 23.1 Å². The lowest BCUT2D eigenvalue weighted by atomic mass is 10.1. The van der Waals surface area contributed by atoms with E-state index in [1.54, 1.807) is 0 Å². The van der Waals surface area contributed by atoms with E-state index in [4.69, 9.17) is 0 Å². The quantitative estimate of drug-likeness (QED) is 0.778. The summed E-state index contributed by atoms with van der Waals surface area (Å²) in [4.78, 5) is 4.27. The Hall–Kier alpha value is -1.09. The van der Waals surface area contributed by atoms with Gasteiger partial charge in [-0.05, 0) is 24.1 Å². The van der Waals surface area contributed by atoms with Crippen molar-refractivity contribution in [1.82, 2.24) is 9.55 Å². The molecule has 15 heavy (non-hydrogen) atoms. The first-order valence-electron chi connectivity index (χ1n) is 5.01. The molecule has 1 aromatic heterocycles. The number of imidazole rings is 1. The van der Waals surface area contributed by atoms with Gasteiger partial charge >= 0.3 is 0 Å². The maximum Gasteiger partial charge on any atom is 0.0995 e. The molecule has 0 amide bonds. The van der Waals surface area contributed by atoms with Gasteiger partial charge in [0.2, 0.25) is 0 Å². The van der Waals surface area contributed by atoms with E-state index in [1.165, 1.54) is 5.56 Å². The number of aryl methyl sites for hydroxylation is 1. The topological polar surface area (TPSA) is 17.8 Å². The van der Waals surface area contributed by atoms with Crippen molar-refractivity contribution in [1.29, 1.82) is 0 Å². The molecule has 1 aromatic carbocycles. The van der Waals surface area contributed by atoms with Gasteiger partial charge in [0.25, 0.3) is 0 Å². The third-order valence-corrected chi connectivity index (χ3v) is 2.99. The maximum atomic E-state index is 4.27. The van der Waals surface area contributed by atoms with Crippen LogP contribution in [0.2, 0.25) is 0 Å². The lowest BCUT2D eigenvalue weighted by Gasteiger charge is -2.02. The smallest absolute Gasteiger partial charge is 0.0995 e. The summed E-state index contributed by atoms with van der Waals surface area (Å²) in [6.45, 7) is 2.16. The predicted molar refractivity (Wildman–Crippen MR) is 65.6 cm³/mol. The lowest BCUT2D eigenvalue weighted by Crippen LogP contribution is -1.90. The summed E-state index contributed by atoms with van der Waals surface area (Å²) >= 11 is 3.39. The minimum absolute atomic E-state index is 0.799. The fourth-order valence-corrected chi connectivity index (χ4v) is 1.77. The average Bonchev–Trinajstić information content (AvgIpc) is 2.78. The molecule has 2 rings (SSSR count).